The lowest BCUT2D eigenvalue weighted by molar-refractivity contribution is 0.735. The zero-order valence-corrected chi connectivity index (χ0v) is 9.16. The maximum Gasteiger partial charge on any atom is 0.0595 e. The first kappa shape index (κ1) is 10.2. The van der Waals surface area contributed by atoms with E-state index in [1.807, 2.05) is 19.2 Å². The van der Waals surface area contributed by atoms with Gasteiger partial charge < -0.3 is 10.2 Å². The molecule has 80 valence electrons. The Morgan fingerprint density at radius 2 is 2.33 bits per heavy atom. The van der Waals surface area contributed by atoms with Crippen LogP contribution in [0.1, 0.15) is 12.1 Å². The molecule has 0 amide bonds. The van der Waals surface area contributed by atoms with Gasteiger partial charge in [0.05, 0.1) is 11.9 Å². The molecule has 0 radical (unpaired) electrons. The van der Waals surface area contributed by atoms with Gasteiger partial charge in [-0.1, -0.05) is 6.58 Å². The van der Waals surface area contributed by atoms with Crippen molar-refractivity contribution in [2.45, 2.75) is 13.3 Å². The molecule has 15 heavy (non-hydrogen) atoms. The molecule has 0 bridgehead atoms. The zero-order chi connectivity index (χ0) is 10.7. The van der Waals surface area contributed by atoms with Crippen LogP contribution in [0.15, 0.2) is 30.6 Å². The van der Waals surface area contributed by atoms with Crippen molar-refractivity contribution in [2.75, 3.05) is 24.5 Å². The third-order valence-electron chi connectivity index (χ3n) is 2.65. The highest BCUT2D eigenvalue weighted by molar-refractivity contribution is 5.50. The standard InChI is InChI=1S/C12H17N3/c1-10-4-5-12(9-14-10)15-7-3-6-13-8-11(15)2/h4-5,9,13H,2-3,6-8H2,1H3. The summed E-state index contributed by atoms with van der Waals surface area (Å²) < 4.78 is 0. The molecule has 1 fully saturated rings. The van der Waals surface area contributed by atoms with Gasteiger partial charge in [0.25, 0.3) is 0 Å². The first-order valence-electron chi connectivity index (χ1n) is 5.36. The highest BCUT2D eigenvalue weighted by Gasteiger charge is 2.12. The number of hydrogen-bond donors (Lipinski definition) is 1. The van der Waals surface area contributed by atoms with Crippen LogP contribution in [-0.2, 0) is 0 Å². The van der Waals surface area contributed by atoms with Crippen molar-refractivity contribution < 1.29 is 0 Å². The molecule has 1 N–H and O–H groups in total. The van der Waals surface area contributed by atoms with E-state index in [4.69, 9.17) is 0 Å². The molecule has 3 nitrogen and oxygen atoms in total. The van der Waals surface area contributed by atoms with Gasteiger partial charge in [-0.25, -0.2) is 0 Å². The van der Waals surface area contributed by atoms with Crippen LogP contribution in [-0.4, -0.2) is 24.6 Å². The summed E-state index contributed by atoms with van der Waals surface area (Å²) in [6.45, 7) is 9.05. The summed E-state index contributed by atoms with van der Waals surface area (Å²) in [5.41, 5.74) is 3.32. The van der Waals surface area contributed by atoms with Crippen molar-refractivity contribution in [2.24, 2.45) is 0 Å². The molecule has 0 atom stereocenters. The van der Waals surface area contributed by atoms with Gasteiger partial charge in [-0.3, -0.25) is 4.98 Å². The van der Waals surface area contributed by atoms with E-state index in [0.29, 0.717) is 0 Å². The lowest BCUT2D eigenvalue weighted by atomic mass is 10.3. The smallest absolute Gasteiger partial charge is 0.0595 e. The fourth-order valence-electron chi connectivity index (χ4n) is 1.78. The second-order valence-electron chi connectivity index (χ2n) is 3.91. The first-order valence-corrected chi connectivity index (χ1v) is 5.36. The molecule has 1 aromatic rings. The number of hydrogen-bond acceptors (Lipinski definition) is 3. The molecule has 1 saturated heterocycles. The molecule has 0 unspecified atom stereocenters. The number of aromatic nitrogens is 1. The average molecular weight is 203 g/mol. The van der Waals surface area contributed by atoms with Crippen LogP contribution in [0.25, 0.3) is 0 Å². The van der Waals surface area contributed by atoms with Gasteiger partial charge in [0.1, 0.15) is 0 Å². The molecular weight excluding hydrogens is 186 g/mol. The van der Waals surface area contributed by atoms with Gasteiger partial charge in [-0.2, -0.15) is 0 Å². The average Bonchev–Trinajstić information content (AvgIpc) is 2.44. The maximum absolute atomic E-state index is 4.32. The van der Waals surface area contributed by atoms with Crippen LogP contribution in [0.3, 0.4) is 0 Å². The van der Waals surface area contributed by atoms with Crippen molar-refractivity contribution >= 4 is 5.69 Å². The summed E-state index contributed by atoms with van der Waals surface area (Å²) >= 11 is 0. The van der Waals surface area contributed by atoms with E-state index in [2.05, 4.69) is 27.8 Å². The second kappa shape index (κ2) is 4.45. The van der Waals surface area contributed by atoms with Gasteiger partial charge in [-0.05, 0) is 32.0 Å². The number of anilines is 1. The Bertz CT molecular complexity index is 342. The molecule has 0 saturated carbocycles. The van der Waals surface area contributed by atoms with E-state index in [0.717, 1.165) is 43.1 Å². The van der Waals surface area contributed by atoms with Gasteiger partial charge in [0.2, 0.25) is 0 Å². The largest absolute Gasteiger partial charge is 0.343 e. The molecular formula is C12H17N3. The SMILES string of the molecule is C=C1CNCCCN1c1ccc(C)nc1. The van der Waals surface area contributed by atoms with Crippen molar-refractivity contribution in [1.82, 2.24) is 10.3 Å². The van der Waals surface area contributed by atoms with E-state index >= 15 is 0 Å². The molecule has 0 aromatic carbocycles. The van der Waals surface area contributed by atoms with Gasteiger partial charge in [0.15, 0.2) is 0 Å². The molecule has 1 aliphatic rings. The van der Waals surface area contributed by atoms with Crippen LogP contribution in [0.5, 0.6) is 0 Å². The molecule has 0 spiro atoms. The molecule has 2 heterocycles. The Balaban J connectivity index is 2.20. The zero-order valence-electron chi connectivity index (χ0n) is 9.16. The summed E-state index contributed by atoms with van der Waals surface area (Å²) in [6.07, 6.45) is 3.07. The van der Waals surface area contributed by atoms with Crippen LogP contribution in [0.4, 0.5) is 5.69 Å². The van der Waals surface area contributed by atoms with E-state index in [-0.39, 0.29) is 0 Å². The van der Waals surface area contributed by atoms with Gasteiger partial charge in [0, 0.05) is 24.5 Å². The number of pyridine rings is 1. The third kappa shape index (κ3) is 2.36. The van der Waals surface area contributed by atoms with Crippen molar-refractivity contribution in [3.63, 3.8) is 0 Å². The van der Waals surface area contributed by atoms with E-state index in [9.17, 15) is 0 Å². The molecule has 3 heteroatoms. The normalized spacial score (nSPS) is 17.7. The maximum atomic E-state index is 4.32. The molecule has 2 rings (SSSR count). The van der Waals surface area contributed by atoms with Crippen molar-refractivity contribution in [3.05, 3.63) is 36.3 Å². The Morgan fingerprint density at radius 3 is 3.07 bits per heavy atom. The Labute approximate surface area is 90.8 Å². The summed E-state index contributed by atoms with van der Waals surface area (Å²) in [6, 6.07) is 4.15. The van der Waals surface area contributed by atoms with Crippen molar-refractivity contribution in [3.8, 4) is 0 Å². The van der Waals surface area contributed by atoms with E-state index < -0.39 is 0 Å². The third-order valence-corrected chi connectivity index (χ3v) is 2.65. The molecule has 0 aliphatic carbocycles. The predicted octanol–water partition coefficient (Wildman–Crippen LogP) is 1.70. The minimum Gasteiger partial charge on any atom is -0.343 e. The predicted molar refractivity (Wildman–Crippen MR) is 62.9 cm³/mol. The highest BCUT2D eigenvalue weighted by Crippen LogP contribution is 2.18. The minimum absolute atomic E-state index is 0.869. The summed E-state index contributed by atoms with van der Waals surface area (Å²) in [4.78, 5) is 6.56. The van der Waals surface area contributed by atoms with Crippen LogP contribution < -0.4 is 10.2 Å². The van der Waals surface area contributed by atoms with E-state index in [1.54, 1.807) is 0 Å². The minimum atomic E-state index is 0.869. The highest BCUT2D eigenvalue weighted by atomic mass is 15.2. The quantitative estimate of drug-likeness (QED) is 0.753. The fourth-order valence-corrected chi connectivity index (χ4v) is 1.78. The first-order chi connectivity index (χ1) is 7.27. The monoisotopic (exact) mass is 203 g/mol. The van der Waals surface area contributed by atoms with Crippen molar-refractivity contribution in [1.29, 1.82) is 0 Å². The summed E-state index contributed by atoms with van der Waals surface area (Å²) in [5.74, 6) is 0. The fraction of sp³-hybridized carbons (Fsp3) is 0.417. The Kier molecular flexibility index (Phi) is 3.02. The molecule has 1 aliphatic heterocycles. The van der Waals surface area contributed by atoms with Gasteiger partial charge in [-0.15, -0.1) is 0 Å². The lowest BCUT2D eigenvalue weighted by Crippen LogP contribution is -2.24. The topological polar surface area (TPSA) is 28.2 Å². The van der Waals surface area contributed by atoms with Crippen LogP contribution in [0.2, 0.25) is 0 Å². The number of nitrogens with one attached hydrogen (secondary N) is 1. The lowest BCUT2D eigenvalue weighted by Gasteiger charge is -2.23. The Hall–Kier alpha value is -1.35. The summed E-state index contributed by atoms with van der Waals surface area (Å²) in [7, 11) is 0. The Morgan fingerprint density at radius 1 is 1.47 bits per heavy atom. The summed E-state index contributed by atoms with van der Waals surface area (Å²) in [5, 5.41) is 3.35. The number of nitrogens with zero attached hydrogens (tertiary/aromatic N) is 2. The number of rotatable bonds is 1. The second-order valence-corrected chi connectivity index (χ2v) is 3.91. The van der Waals surface area contributed by atoms with Crippen LogP contribution in [0, 0.1) is 6.92 Å². The van der Waals surface area contributed by atoms with Crippen LogP contribution >= 0.6 is 0 Å². The van der Waals surface area contributed by atoms with E-state index in [1.165, 1.54) is 0 Å². The van der Waals surface area contributed by atoms with Gasteiger partial charge >= 0.3 is 0 Å². The molecule has 1 aromatic heterocycles. The number of aryl methyl sites for hydroxylation is 1.